The van der Waals surface area contributed by atoms with Gasteiger partial charge >= 0.3 is 0 Å². The molecule has 0 aliphatic carbocycles. The molecule has 2 nitrogen and oxygen atoms in total. The van der Waals surface area contributed by atoms with E-state index in [1.165, 1.54) is 37.9 Å². The number of halogens is 1. The maximum absolute atomic E-state index is 9.25. The quantitative estimate of drug-likeness (QED) is 0.698. The minimum absolute atomic E-state index is 0. The van der Waals surface area contributed by atoms with E-state index in [-0.39, 0.29) is 12.4 Å². The van der Waals surface area contributed by atoms with E-state index in [1.807, 2.05) is 0 Å². The largest absolute Gasteiger partial charge is 1.00 e. The molecule has 0 aromatic heterocycles. The Morgan fingerprint density at radius 3 is 2.24 bits per heavy atom. The molecule has 0 bridgehead atoms. The minimum Gasteiger partial charge on any atom is -1.00 e. The van der Waals surface area contributed by atoms with Crippen molar-refractivity contribution in [3.8, 4) is 0 Å². The zero-order chi connectivity index (χ0) is 11.3. The van der Waals surface area contributed by atoms with Crippen molar-refractivity contribution in [3.63, 3.8) is 0 Å². The van der Waals surface area contributed by atoms with Gasteiger partial charge in [0.15, 0.2) is 0 Å². The molecule has 1 aromatic rings. The molecule has 3 heteroatoms. The standard InChI is InChI=1S/C14H22NO.ClH/c16-12-11-15(9-5-2-6-10-15)13-14-7-3-1-4-8-14;/h1,3-4,7-8,16H,2,5-6,9-13H2;1H/q+1;/p-1. The van der Waals surface area contributed by atoms with Crippen LogP contribution in [-0.2, 0) is 6.54 Å². The van der Waals surface area contributed by atoms with Crippen LogP contribution in [0.25, 0.3) is 0 Å². The van der Waals surface area contributed by atoms with E-state index < -0.39 is 0 Å². The lowest BCUT2D eigenvalue weighted by Gasteiger charge is -2.41. The van der Waals surface area contributed by atoms with Crippen molar-refractivity contribution in [1.82, 2.24) is 0 Å². The van der Waals surface area contributed by atoms with Crippen molar-refractivity contribution < 1.29 is 22.0 Å². The van der Waals surface area contributed by atoms with Crippen LogP contribution in [0.1, 0.15) is 24.8 Å². The Bertz CT molecular complexity index is 304. The van der Waals surface area contributed by atoms with Crippen LogP contribution in [0.5, 0.6) is 0 Å². The molecule has 1 aliphatic heterocycles. The highest BCUT2D eigenvalue weighted by Crippen LogP contribution is 2.22. The monoisotopic (exact) mass is 255 g/mol. The topological polar surface area (TPSA) is 20.2 Å². The van der Waals surface area contributed by atoms with Crippen LogP contribution >= 0.6 is 0 Å². The molecule has 0 unspecified atom stereocenters. The molecule has 1 N–H and O–H groups in total. The molecule has 0 radical (unpaired) electrons. The maximum Gasteiger partial charge on any atom is 0.104 e. The van der Waals surface area contributed by atoms with E-state index in [0.29, 0.717) is 6.61 Å². The van der Waals surface area contributed by atoms with Crippen molar-refractivity contribution in [1.29, 1.82) is 0 Å². The molecule has 1 saturated heterocycles. The van der Waals surface area contributed by atoms with Gasteiger partial charge < -0.3 is 22.0 Å². The van der Waals surface area contributed by atoms with E-state index in [4.69, 9.17) is 0 Å². The number of aliphatic hydroxyl groups is 1. The molecular weight excluding hydrogens is 234 g/mol. The molecule has 0 atom stereocenters. The first kappa shape index (κ1) is 14.5. The van der Waals surface area contributed by atoms with Gasteiger partial charge in [-0.2, -0.15) is 0 Å². The molecule has 1 heterocycles. The fourth-order valence-corrected chi connectivity index (χ4v) is 2.83. The summed E-state index contributed by atoms with van der Waals surface area (Å²) in [5.74, 6) is 0. The Kier molecular flexibility index (Phi) is 5.96. The molecule has 96 valence electrons. The summed E-state index contributed by atoms with van der Waals surface area (Å²) in [6, 6.07) is 10.7. The molecule has 0 amide bonds. The van der Waals surface area contributed by atoms with Gasteiger partial charge in [-0.25, -0.2) is 0 Å². The SMILES string of the molecule is OCC[N+]1(Cc2ccccc2)CCCCC1.[Cl-]. The lowest BCUT2D eigenvalue weighted by atomic mass is 10.1. The van der Waals surface area contributed by atoms with Crippen LogP contribution in [0.2, 0.25) is 0 Å². The Hall–Kier alpha value is -0.570. The number of hydrogen-bond donors (Lipinski definition) is 1. The summed E-state index contributed by atoms with van der Waals surface area (Å²) < 4.78 is 1.08. The van der Waals surface area contributed by atoms with Gasteiger partial charge in [-0.3, -0.25) is 0 Å². The normalized spacial score (nSPS) is 18.4. The first-order valence-electron chi connectivity index (χ1n) is 6.35. The fourth-order valence-electron chi connectivity index (χ4n) is 2.83. The smallest absolute Gasteiger partial charge is 0.104 e. The van der Waals surface area contributed by atoms with E-state index >= 15 is 0 Å². The van der Waals surface area contributed by atoms with Gasteiger partial charge in [0.05, 0.1) is 19.7 Å². The number of likely N-dealkylation sites (tertiary alicyclic amines) is 1. The summed E-state index contributed by atoms with van der Waals surface area (Å²) >= 11 is 0. The van der Waals surface area contributed by atoms with Gasteiger partial charge in [-0.05, 0) is 19.3 Å². The first-order chi connectivity index (χ1) is 7.85. The molecule has 0 spiro atoms. The number of aliphatic hydroxyl groups excluding tert-OH is 1. The van der Waals surface area contributed by atoms with Gasteiger partial charge in [-0.1, -0.05) is 30.3 Å². The van der Waals surface area contributed by atoms with E-state index in [2.05, 4.69) is 30.3 Å². The summed E-state index contributed by atoms with van der Waals surface area (Å²) in [5, 5.41) is 9.25. The van der Waals surface area contributed by atoms with E-state index in [9.17, 15) is 5.11 Å². The second-order valence-corrected chi connectivity index (χ2v) is 4.94. The minimum atomic E-state index is 0. The van der Waals surface area contributed by atoms with E-state index in [1.54, 1.807) is 0 Å². The Balaban J connectivity index is 0.00000144. The zero-order valence-corrected chi connectivity index (χ0v) is 11.1. The van der Waals surface area contributed by atoms with Crippen LogP contribution in [0.3, 0.4) is 0 Å². The summed E-state index contributed by atoms with van der Waals surface area (Å²) in [5.41, 5.74) is 1.40. The number of quaternary nitrogens is 1. The first-order valence-corrected chi connectivity index (χ1v) is 6.35. The van der Waals surface area contributed by atoms with Gasteiger partial charge in [0.2, 0.25) is 0 Å². The highest BCUT2D eigenvalue weighted by molar-refractivity contribution is 5.13. The highest BCUT2D eigenvalue weighted by Gasteiger charge is 2.29. The van der Waals surface area contributed by atoms with Crippen LogP contribution in [0.4, 0.5) is 0 Å². The molecule has 1 aliphatic rings. The summed E-state index contributed by atoms with van der Waals surface area (Å²) in [6.45, 7) is 4.77. The Labute approximate surface area is 110 Å². The molecule has 17 heavy (non-hydrogen) atoms. The second-order valence-electron chi connectivity index (χ2n) is 4.94. The molecule has 1 aromatic carbocycles. The number of piperidine rings is 1. The number of rotatable bonds is 4. The average molecular weight is 256 g/mol. The van der Waals surface area contributed by atoms with Gasteiger partial charge in [0.1, 0.15) is 13.1 Å². The van der Waals surface area contributed by atoms with Crippen molar-refractivity contribution in [2.24, 2.45) is 0 Å². The number of hydrogen-bond acceptors (Lipinski definition) is 1. The third-order valence-electron chi connectivity index (χ3n) is 3.70. The fraction of sp³-hybridized carbons (Fsp3) is 0.571. The van der Waals surface area contributed by atoms with Crippen molar-refractivity contribution in [3.05, 3.63) is 35.9 Å². The summed E-state index contributed by atoms with van der Waals surface area (Å²) in [6.07, 6.45) is 3.99. The second kappa shape index (κ2) is 7.00. The van der Waals surface area contributed by atoms with Gasteiger partial charge in [-0.15, -0.1) is 0 Å². The summed E-state index contributed by atoms with van der Waals surface area (Å²) in [4.78, 5) is 0. The summed E-state index contributed by atoms with van der Waals surface area (Å²) in [7, 11) is 0. The molecule has 1 fully saturated rings. The van der Waals surface area contributed by atoms with Crippen LogP contribution < -0.4 is 12.4 Å². The Morgan fingerprint density at radius 2 is 1.65 bits per heavy atom. The lowest BCUT2D eigenvalue weighted by Crippen LogP contribution is -3.00. The number of benzene rings is 1. The Morgan fingerprint density at radius 1 is 1.00 bits per heavy atom. The van der Waals surface area contributed by atoms with Crippen molar-refractivity contribution >= 4 is 0 Å². The van der Waals surface area contributed by atoms with Crippen LogP contribution in [-0.4, -0.2) is 35.8 Å². The number of nitrogens with zero attached hydrogens (tertiary/aromatic N) is 1. The van der Waals surface area contributed by atoms with Crippen molar-refractivity contribution in [2.45, 2.75) is 25.8 Å². The van der Waals surface area contributed by atoms with Crippen LogP contribution in [0, 0.1) is 0 Å². The van der Waals surface area contributed by atoms with Crippen molar-refractivity contribution in [2.75, 3.05) is 26.2 Å². The maximum atomic E-state index is 9.25. The third-order valence-corrected chi connectivity index (χ3v) is 3.70. The van der Waals surface area contributed by atoms with E-state index in [0.717, 1.165) is 17.6 Å². The molecule has 2 rings (SSSR count). The van der Waals surface area contributed by atoms with Gasteiger partial charge in [0, 0.05) is 5.56 Å². The molecule has 0 saturated carbocycles. The lowest BCUT2D eigenvalue weighted by molar-refractivity contribution is -0.945. The van der Waals surface area contributed by atoms with Gasteiger partial charge in [0.25, 0.3) is 0 Å². The zero-order valence-electron chi connectivity index (χ0n) is 10.3. The predicted octanol–water partition coefficient (Wildman–Crippen LogP) is -0.816. The average Bonchev–Trinajstić information content (AvgIpc) is 2.31. The van der Waals surface area contributed by atoms with Crippen LogP contribution in [0.15, 0.2) is 30.3 Å². The highest BCUT2D eigenvalue weighted by atomic mass is 35.5. The predicted molar refractivity (Wildman–Crippen MR) is 65.9 cm³/mol. The third kappa shape index (κ3) is 3.98. The molecular formula is C14H22ClNO.